The predicted molar refractivity (Wildman–Crippen MR) is 117 cm³/mol. The summed E-state index contributed by atoms with van der Waals surface area (Å²) >= 11 is 2.38. The number of thioether (sulfide) groups is 1. The molecule has 3 heterocycles. The van der Waals surface area contributed by atoms with Crippen LogP contribution in [-0.2, 0) is 15.5 Å². The summed E-state index contributed by atoms with van der Waals surface area (Å²) in [5.41, 5.74) is 3.80. The van der Waals surface area contributed by atoms with Gasteiger partial charge in [-0.1, -0.05) is 56.0 Å². The molecule has 0 bridgehead atoms. The normalized spacial score (nSPS) is 13.2. The highest BCUT2D eigenvalue weighted by atomic mass is 32.2. The van der Waals surface area contributed by atoms with Gasteiger partial charge in [0, 0.05) is 11.2 Å². The van der Waals surface area contributed by atoms with Crippen LogP contribution in [0.15, 0.2) is 38.8 Å². The molecule has 0 unspecified atom stereocenters. The minimum atomic E-state index is -4.00. The Balaban J connectivity index is 1.65. The number of rotatable bonds is 6. The van der Waals surface area contributed by atoms with E-state index in [-0.39, 0.29) is 16.9 Å². The maximum atomic E-state index is 10.8. The minimum Gasteiger partial charge on any atom is -0.293 e. The number of imidazole rings is 1. The van der Waals surface area contributed by atoms with Crippen LogP contribution in [-0.4, -0.2) is 49.3 Å². The molecular weight excluding hydrogens is 446 g/mol. The molecule has 158 valence electrons. The number of para-hydroxylation sites is 2. The van der Waals surface area contributed by atoms with Crippen LogP contribution in [0.5, 0.6) is 0 Å². The number of nitrogens with zero attached hydrogens (tertiary/aromatic N) is 6. The fourth-order valence-corrected chi connectivity index (χ4v) is 5.38. The standard InChI is InChI=1S/C17H19N7O3S3/c1-17(2,3)13-12(14-18-10-6-4-5-7-11(10)24(14)23-13)19-20-15-21-22-16(29-15)28-8-9-30(25,26)27/h4-7,23H,8-9H2,1-3H3,(H,25,26,27). The molecule has 0 fully saturated rings. The van der Waals surface area contributed by atoms with E-state index in [2.05, 4.69) is 46.3 Å². The maximum Gasteiger partial charge on any atom is 0.265 e. The van der Waals surface area contributed by atoms with E-state index in [0.717, 1.165) is 16.7 Å². The molecule has 0 aliphatic rings. The SMILES string of the molecule is CC(C)(C)c1[nH]n2c(nc3ccccc32)c1N=Nc1nnc(SCCS(=O)(=O)O)s1. The van der Waals surface area contributed by atoms with Gasteiger partial charge in [0.1, 0.15) is 0 Å². The zero-order valence-corrected chi connectivity index (χ0v) is 18.8. The Morgan fingerprint density at radius 3 is 2.73 bits per heavy atom. The van der Waals surface area contributed by atoms with Crippen molar-refractivity contribution < 1.29 is 13.0 Å². The zero-order valence-electron chi connectivity index (χ0n) is 16.4. The van der Waals surface area contributed by atoms with Crippen molar-refractivity contribution >= 4 is 60.7 Å². The van der Waals surface area contributed by atoms with Gasteiger partial charge in [-0.2, -0.15) is 8.42 Å². The first-order chi connectivity index (χ1) is 14.1. The molecule has 3 aromatic heterocycles. The zero-order chi connectivity index (χ0) is 21.5. The number of fused-ring (bicyclic) bond motifs is 3. The lowest BCUT2D eigenvalue weighted by Gasteiger charge is -2.16. The molecule has 0 saturated heterocycles. The summed E-state index contributed by atoms with van der Waals surface area (Å²) in [7, 11) is -4.00. The van der Waals surface area contributed by atoms with Crippen molar-refractivity contribution in [1.29, 1.82) is 0 Å². The Morgan fingerprint density at radius 2 is 2.00 bits per heavy atom. The molecule has 0 aliphatic heterocycles. The molecule has 30 heavy (non-hydrogen) atoms. The predicted octanol–water partition coefficient (Wildman–Crippen LogP) is 4.36. The van der Waals surface area contributed by atoms with Gasteiger partial charge in [-0.15, -0.1) is 20.4 Å². The summed E-state index contributed by atoms with van der Waals surface area (Å²) in [5.74, 6) is -0.171. The van der Waals surface area contributed by atoms with Crippen LogP contribution in [0.25, 0.3) is 16.7 Å². The van der Waals surface area contributed by atoms with Gasteiger partial charge in [-0.25, -0.2) is 9.50 Å². The molecule has 0 amide bonds. The summed E-state index contributed by atoms with van der Waals surface area (Å²) in [6.07, 6.45) is 0. The third-order valence-corrected chi connectivity index (χ3v) is 7.10. The first-order valence-electron chi connectivity index (χ1n) is 8.95. The topological polar surface area (TPSA) is 138 Å². The number of hydrogen-bond donors (Lipinski definition) is 2. The first-order valence-corrected chi connectivity index (χ1v) is 12.4. The third kappa shape index (κ3) is 4.38. The van der Waals surface area contributed by atoms with E-state index >= 15 is 0 Å². The van der Waals surface area contributed by atoms with Crippen LogP contribution in [0.1, 0.15) is 26.5 Å². The van der Waals surface area contributed by atoms with Gasteiger partial charge in [0.2, 0.25) is 0 Å². The molecule has 4 aromatic rings. The van der Waals surface area contributed by atoms with Crippen molar-refractivity contribution in [3.05, 3.63) is 30.0 Å². The summed E-state index contributed by atoms with van der Waals surface area (Å²) < 4.78 is 32.9. The lowest BCUT2D eigenvalue weighted by Crippen LogP contribution is -2.12. The molecule has 13 heteroatoms. The van der Waals surface area contributed by atoms with Gasteiger partial charge < -0.3 is 0 Å². The van der Waals surface area contributed by atoms with Crippen molar-refractivity contribution in [2.24, 2.45) is 10.2 Å². The van der Waals surface area contributed by atoms with E-state index < -0.39 is 10.1 Å². The number of benzene rings is 1. The second-order valence-corrected chi connectivity index (χ2v) is 11.4. The molecular formula is C17H19N7O3S3. The maximum absolute atomic E-state index is 10.8. The van der Waals surface area contributed by atoms with Crippen molar-refractivity contribution in [3.63, 3.8) is 0 Å². The van der Waals surface area contributed by atoms with E-state index in [0.29, 0.717) is 20.8 Å². The number of hydrogen-bond acceptors (Lipinski definition) is 9. The quantitative estimate of drug-likeness (QED) is 0.245. The monoisotopic (exact) mass is 465 g/mol. The Hall–Kier alpha value is -2.35. The smallest absolute Gasteiger partial charge is 0.265 e. The number of nitrogens with one attached hydrogen (secondary N) is 1. The average molecular weight is 466 g/mol. The van der Waals surface area contributed by atoms with Crippen molar-refractivity contribution in [1.82, 2.24) is 24.8 Å². The largest absolute Gasteiger partial charge is 0.293 e. The van der Waals surface area contributed by atoms with E-state index in [1.807, 2.05) is 28.8 Å². The molecule has 0 aliphatic carbocycles. The molecule has 2 N–H and O–H groups in total. The van der Waals surface area contributed by atoms with Crippen LogP contribution in [0.4, 0.5) is 10.8 Å². The van der Waals surface area contributed by atoms with E-state index in [1.165, 1.54) is 23.1 Å². The Morgan fingerprint density at radius 1 is 1.23 bits per heavy atom. The second-order valence-electron chi connectivity index (χ2n) is 7.53. The van der Waals surface area contributed by atoms with Crippen LogP contribution in [0, 0.1) is 0 Å². The lowest BCUT2D eigenvalue weighted by molar-refractivity contribution is 0.485. The average Bonchev–Trinajstić information content (AvgIpc) is 3.32. The second kappa shape index (κ2) is 7.72. The van der Waals surface area contributed by atoms with Crippen LogP contribution in [0.2, 0.25) is 0 Å². The summed E-state index contributed by atoms with van der Waals surface area (Å²) in [6, 6.07) is 7.81. The first kappa shape index (κ1) is 20.9. The number of aromatic amines is 1. The van der Waals surface area contributed by atoms with Crippen molar-refractivity contribution in [2.75, 3.05) is 11.5 Å². The fourth-order valence-electron chi connectivity index (χ4n) is 2.82. The summed E-state index contributed by atoms with van der Waals surface area (Å²) in [5, 5.41) is 20.4. The minimum absolute atomic E-state index is 0.178. The van der Waals surface area contributed by atoms with Crippen LogP contribution < -0.4 is 0 Å². The Labute approximate surface area is 180 Å². The highest BCUT2D eigenvalue weighted by Gasteiger charge is 2.25. The van der Waals surface area contributed by atoms with E-state index in [4.69, 9.17) is 9.54 Å². The van der Waals surface area contributed by atoms with Crippen LogP contribution >= 0.6 is 23.1 Å². The number of aromatic nitrogens is 5. The molecule has 0 radical (unpaired) electrons. The van der Waals surface area contributed by atoms with Gasteiger partial charge >= 0.3 is 0 Å². The Bertz CT molecular complexity index is 1350. The molecule has 0 spiro atoms. The fraction of sp³-hybridized carbons (Fsp3) is 0.353. The molecule has 0 saturated carbocycles. The van der Waals surface area contributed by atoms with Crippen LogP contribution in [0.3, 0.4) is 0 Å². The molecule has 0 atom stereocenters. The van der Waals surface area contributed by atoms with Crippen molar-refractivity contribution in [3.8, 4) is 0 Å². The lowest BCUT2D eigenvalue weighted by atomic mass is 9.91. The number of H-pyrrole nitrogens is 1. The molecule has 10 nitrogen and oxygen atoms in total. The third-order valence-electron chi connectivity index (χ3n) is 4.18. The molecule has 1 aromatic carbocycles. The number of azo groups is 1. The van der Waals surface area contributed by atoms with E-state index in [9.17, 15) is 8.42 Å². The van der Waals surface area contributed by atoms with Gasteiger partial charge in [-0.05, 0) is 12.1 Å². The van der Waals surface area contributed by atoms with Gasteiger partial charge in [0.15, 0.2) is 15.7 Å². The van der Waals surface area contributed by atoms with Gasteiger partial charge in [0.05, 0.1) is 22.5 Å². The summed E-state index contributed by atoms with van der Waals surface area (Å²) in [4.78, 5) is 4.69. The van der Waals surface area contributed by atoms with Crippen molar-refractivity contribution in [2.45, 2.75) is 30.5 Å². The van der Waals surface area contributed by atoms with E-state index in [1.54, 1.807) is 0 Å². The Kier molecular flexibility index (Phi) is 5.38. The summed E-state index contributed by atoms with van der Waals surface area (Å²) in [6.45, 7) is 6.23. The highest BCUT2D eigenvalue weighted by molar-refractivity contribution is 8.01. The highest BCUT2D eigenvalue weighted by Crippen LogP contribution is 2.37. The van der Waals surface area contributed by atoms with Gasteiger partial charge in [-0.3, -0.25) is 9.65 Å². The van der Waals surface area contributed by atoms with Gasteiger partial charge in [0.25, 0.3) is 15.2 Å². The molecule has 4 rings (SSSR count).